The number of hydrogen-bond donors (Lipinski definition) is 0. The van der Waals surface area contributed by atoms with Crippen molar-refractivity contribution in [1.82, 2.24) is 28.7 Å². The van der Waals surface area contributed by atoms with Crippen LogP contribution in [0.3, 0.4) is 0 Å². The Kier molecular flexibility index (Phi) is 6.36. The maximum Gasteiger partial charge on any atom is 0.332 e. The molecule has 0 atom stereocenters. The lowest BCUT2D eigenvalue weighted by molar-refractivity contribution is 0.497. The van der Waals surface area contributed by atoms with E-state index < -0.39 is 11.2 Å². The molecule has 3 heterocycles. The summed E-state index contributed by atoms with van der Waals surface area (Å²) in [4.78, 5) is 27.1. The van der Waals surface area contributed by atoms with Crippen LogP contribution in [0.4, 0.5) is 4.39 Å². The summed E-state index contributed by atoms with van der Waals surface area (Å²) in [6.07, 6.45) is 3.59. The molecule has 0 bridgehead atoms. The van der Waals surface area contributed by atoms with E-state index in [9.17, 15) is 14.0 Å². The predicted octanol–water partition coefficient (Wildman–Crippen LogP) is 4.08. The summed E-state index contributed by atoms with van der Waals surface area (Å²) in [5, 5.41) is 10.00. The third-order valence-corrected chi connectivity index (χ3v) is 6.91. The Balaban J connectivity index is 1.65. The van der Waals surface area contributed by atoms with Crippen LogP contribution in [0, 0.1) is 11.7 Å². The Bertz CT molecular complexity index is 1630. The van der Waals surface area contributed by atoms with Gasteiger partial charge in [-0.3, -0.25) is 18.6 Å². The summed E-state index contributed by atoms with van der Waals surface area (Å²) in [6.45, 7) is 4.84. The molecule has 0 fully saturated rings. The Hall–Kier alpha value is -3.92. The SMILES string of the molecule is CC(C)Cn1c(=O)n(C)c(=O)c2c(Sc3ccc(F)cc3)n(Cc3ccc(-n4cccn4)cc3)nc21. The van der Waals surface area contributed by atoms with E-state index in [1.165, 1.54) is 30.9 Å². The molecule has 10 heteroatoms. The quantitative estimate of drug-likeness (QED) is 0.334. The molecule has 0 aliphatic rings. The zero-order valence-corrected chi connectivity index (χ0v) is 20.9. The van der Waals surface area contributed by atoms with Crippen molar-refractivity contribution < 1.29 is 4.39 Å². The van der Waals surface area contributed by atoms with Crippen LogP contribution in [0.2, 0.25) is 0 Å². The molecule has 0 amide bonds. The average molecular weight is 505 g/mol. The zero-order valence-electron chi connectivity index (χ0n) is 20.1. The first-order valence-electron chi connectivity index (χ1n) is 11.5. The second-order valence-electron chi connectivity index (χ2n) is 8.99. The van der Waals surface area contributed by atoms with Crippen LogP contribution in [0.25, 0.3) is 16.7 Å². The fourth-order valence-electron chi connectivity index (χ4n) is 4.04. The molecule has 0 unspecified atom stereocenters. The van der Waals surface area contributed by atoms with E-state index in [2.05, 4.69) is 5.10 Å². The Labute approximate surface area is 210 Å². The lowest BCUT2D eigenvalue weighted by Gasteiger charge is -2.10. The van der Waals surface area contributed by atoms with Crippen LogP contribution in [0.15, 0.2) is 86.5 Å². The third-order valence-electron chi connectivity index (χ3n) is 5.79. The normalized spacial score (nSPS) is 11.6. The van der Waals surface area contributed by atoms with E-state index in [4.69, 9.17) is 5.10 Å². The molecule has 0 N–H and O–H groups in total. The molecule has 0 saturated carbocycles. The lowest BCUT2D eigenvalue weighted by Crippen LogP contribution is -2.38. The van der Waals surface area contributed by atoms with Crippen molar-refractivity contribution in [2.75, 3.05) is 0 Å². The monoisotopic (exact) mass is 504 g/mol. The summed E-state index contributed by atoms with van der Waals surface area (Å²) in [5.74, 6) is -0.159. The van der Waals surface area contributed by atoms with Crippen LogP contribution >= 0.6 is 11.8 Å². The molecule has 0 aliphatic heterocycles. The van der Waals surface area contributed by atoms with Crippen LogP contribution in [0.5, 0.6) is 0 Å². The highest BCUT2D eigenvalue weighted by molar-refractivity contribution is 7.99. The van der Waals surface area contributed by atoms with E-state index in [1.54, 1.807) is 32.3 Å². The highest BCUT2D eigenvalue weighted by Gasteiger charge is 2.22. The molecule has 0 radical (unpaired) electrons. The van der Waals surface area contributed by atoms with Crippen molar-refractivity contribution in [3.63, 3.8) is 0 Å². The van der Waals surface area contributed by atoms with Crippen molar-refractivity contribution in [3.8, 4) is 5.69 Å². The number of halogens is 1. The minimum Gasteiger partial charge on any atom is -0.276 e. The van der Waals surface area contributed by atoms with Gasteiger partial charge in [0, 0.05) is 30.9 Å². The highest BCUT2D eigenvalue weighted by atomic mass is 32.2. The fourth-order valence-corrected chi connectivity index (χ4v) is 5.03. The van der Waals surface area contributed by atoms with Crippen LogP contribution in [0.1, 0.15) is 19.4 Å². The number of rotatable bonds is 7. The summed E-state index contributed by atoms with van der Waals surface area (Å²) < 4.78 is 19.7. The molecule has 0 aliphatic carbocycles. The van der Waals surface area contributed by atoms with Gasteiger partial charge in [0.1, 0.15) is 16.2 Å². The van der Waals surface area contributed by atoms with Crippen molar-refractivity contribution in [1.29, 1.82) is 0 Å². The van der Waals surface area contributed by atoms with Crippen molar-refractivity contribution >= 4 is 22.8 Å². The van der Waals surface area contributed by atoms with E-state index in [0.29, 0.717) is 29.1 Å². The molecule has 5 aromatic rings. The summed E-state index contributed by atoms with van der Waals surface area (Å²) in [6, 6.07) is 15.8. The maximum atomic E-state index is 13.5. The molecule has 36 heavy (non-hydrogen) atoms. The van der Waals surface area contributed by atoms with E-state index >= 15 is 0 Å². The van der Waals surface area contributed by atoms with Gasteiger partial charge >= 0.3 is 5.69 Å². The Morgan fingerprint density at radius 1 is 1.03 bits per heavy atom. The first kappa shape index (κ1) is 23.8. The first-order valence-corrected chi connectivity index (χ1v) is 12.4. The number of aromatic nitrogens is 6. The topological polar surface area (TPSA) is 79.6 Å². The van der Waals surface area contributed by atoms with Gasteiger partial charge in [-0.05, 0) is 53.9 Å². The van der Waals surface area contributed by atoms with Gasteiger partial charge in [0.25, 0.3) is 5.56 Å². The van der Waals surface area contributed by atoms with Gasteiger partial charge in [-0.1, -0.05) is 37.7 Å². The Morgan fingerprint density at radius 3 is 2.39 bits per heavy atom. The van der Waals surface area contributed by atoms with Crippen molar-refractivity contribution in [3.05, 3.63) is 99.2 Å². The molecule has 0 saturated heterocycles. The number of nitrogens with zero attached hydrogens (tertiary/aromatic N) is 6. The average Bonchev–Trinajstić information content (AvgIpc) is 3.51. The van der Waals surface area contributed by atoms with Crippen LogP contribution in [-0.4, -0.2) is 28.7 Å². The fraction of sp³-hybridized carbons (Fsp3) is 0.231. The largest absolute Gasteiger partial charge is 0.332 e. The molecule has 8 nitrogen and oxygen atoms in total. The smallest absolute Gasteiger partial charge is 0.276 e. The summed E-state index contributed by atoms with van der Waals surface area (Å²) in [5.41, 5.74) is 1.45. The molecular formula is C26H25FN6O2S. The molecule has 2 aromatic carbocycles. The maximum absolute atomic E-state index is 13.5. The summed E-state index contributed by atoms with van der Waals surface area (Å²) in [7, 11) is 1.48. The zero-order chi connectivity index (χ0) is 25.4. The van der Waals surface area contributed by atoms with Gasteiger partial charge in [0.05, 0.1) is 12.2 Å². The van der Waals surface area contributed by atoms with E-state index in [-0.39, 0.29) is 11.7 Å². The second kappa shape index (κ2) is 9.62. The van der Waals surface area contributed by atoms with Gasteiger partial charge in [-0.15, -0.1) is 0 Å². The van der Waals surface area contributed by atoms with Gasteiger partial charge in [0.15, 0.2) is 5.65 Å². The minimum atomic E-state index is -0.403. The molecule has 184 valence electrons. The third kappa shape index (κ3) is 4.51. The summed E-state index contributed by atoms with van der Waals surface area (Å²) >= 11 is 1.33. The first-order chi connectivity index (χ1) is 17.3. The molecule has 3 aromatic heterocycles. The second-order valence-corrected chi connectivity index (χ2v) is 10.0. The highest BCUT2D eigenvalue weighted by Crippen LogP contribution is 2.32. The molecule has 5 rings (SSSR count). The number of fused-ring (bicyclic) bond motifs is 1. The predicted molar refractivity (Wildman–Crippen MR) is 137 cm³/mol. The van der Waals surface area contributed by atoms with E-state index in [1.807, 2.05) is 50.4 Å². The van der Waals surface area contributed by atoms with Crippen LogP contribution in [-0.2, 0) is 20.1 Å². The van der Waals surface area contributed by atoms with E-state index in [0.717, 1.165) is 20.7 Å². The lowest BCUT2D eigenvalue weighted by atomic mass is 10.2. The van der Waals surface area contributed by atoms with Gasteiger partial charge in [0.2, 0.25) is 0 Å². The molecule has 0 spiro atoms. The standard InChI is InChI=1S/C26H25FN6O2S/c1-17(2)15-31-23-22(24(34)30(3)26(31)35)25(36-21-11-7-19(27)8-12-21)33(29-23)16-18-5-9-20(10-6-18)32-14-4-13-28-32/h4-14,17H,15-16H2,1-3H3. The van der Waals surface area contributed by atoms with Crippen molar-refractivity contribution in [2.24, 2.45) is 13.0 Å². The van der Waals surface area contributed by atoms with Gasteiger partial charge in [-0.25, -0.2) is 13.9 Å². The minimum absolute atomic E-state index is 0.177. The number of hydrogen-bond acceptors (Lipinski definition) is 5. The molecular weight excluding hydrogens is 479 g/mol. The van der Waals surface area contributed by atoms with Crippen molar-refractivity contribution in [2.45, 2.75) is 36.9 Å². The Morgan fingerprint density at radius 2 is 1.75 bits per heavy atom. The number of benzene rings is 2. The van der Waals surface area contributed by atoms with Gasteiger partial charge in [-0.2, -0.15) is 10.2 Å². The van der Waals surface area contributed by atoms with Crippen LogP contribution < -0.4 is 11.2 Å². The van der Waals surface area contributed by atoms with Gasteiger partial charge < -0.3 is 0 Å².